The van der Waals surface area contributed by atoms with Crippen LogP contribution in [0.2, 0.25) is 5.02 Å². The molecule has 0 radical (unpaired) electrons. The third-order valence-corrected chi connectivity index (χ3v) is 8.55. The molecule has 0 amide bonds. The van der Waals surface area contributed by atoms with E-state index in [1.165, 1.54) is 0 Å². The highest BCUT2D eigenvalue weighted by molar-refractivity contribution is 6.31. The number of carbonyl (C=O) groups excluding carboxylic acids is 2. The molecule has 0 saturated carbocycles. The molecule has 0 bridgehead atoms. The number of nitrogens with zero attached hydrogens (tertiary/aromatic N) is 4. The molecule has 6 rings (SSSR count). The van der Waals surface area contributed by atoms with Crippen LogP contribution < -0.4 is 9.80 Å². The molecule has 4 aromatic carbocycles. The van der Waals surface area contributed by atoms with Crippen LogP contribution in [0.1, 0.15) is 43.0 Å². The first-order valence-corrected chi connectivity index (χ1v) is 16.4. The summed E-state index contributed by atoms with van der Waals surface area (Å²) in [6, 6.07) is 37.0. The molecule has 0 atom stereocenters. The average molecular weight is 667 g/mol. The van der Waals surface area contributed by atoms with Gasteiger partial charge in [0, 0.05) is 66.9 Å². The van der Waals surface area contributed by atoms with Crippen LogP contribution in [0.25, 0.3) is 0 Å². The van der Waals surface area contributed by atoms with Gasteiger partial charge in [-0.25, -0.2) is 0 Å². The lowest BCUT2D eigenvalue weighted by molar-refractivity contribution is 0.0984. The lowest BCUT2D eigenvalue weighted by Gasteiger charge is -2.20. The van der Waals surface area contributed by atoms with Crippen molar-refractivity contribution in [2.45, 2.75) is 26.7 Å². The normalized spacial score (nSPS) is 10.5. The molecule has 0 N–H and O–H groups in total. The molecule has 6 nitrogen and oxygen atoms in total. The average Bonchev–Trinajstić information content (AvgIpc) is 3.13. The highest BCUT2D eigenvalue weighted by Crippen LogP contribution is 2.28. The van der Waals surface area contributed by atoms with Gasteiger partial charge in [-0.2, -0.15) is 0 Å². The third kappa shape index (κ3) is 9.49. The third-order valence-electron chi connectivity index (χ3n) is 8.18. The highest BCUT2D eigenvalue weighted by atomic mass is 35.5. The molecule has 0 aliphatic heterocycles. The van der Waals surface area contributed by atoms with E-state index in [0.29, 0.717) is 17.0 Å². The van der Waals surface area contributed by atoms with E-state index >= 15 is 0 Å². The molecule has 246 valence electrons. The predicted octanol–water partition coefficient (Wildman–Crippen LogP) is 9.82. The quantitative estimate of drug-likeness (QED) is 0.136. The number of rotatable bonds is 10. The maximum absolute atomic E-state index is 12.6. The Balaban J connectivity index is 0.000000191. The number of aromatic nitrogens is 2. The summed E-state index contributed by atoms with van der Waals surface area (Å²) in [5.74, 6) is 0.201. The minimum absolute atomic E-state index is 0.0618. The Morgan fingerprint density at radius 1 is 0.571 bits per heavy atom. The Morgan fingerprint density at radius 2 is 1.08 bits per heavy atom. The second kappa shape index (κ2) is 16.5. The summed E-state index contributed by atoms with van der Waals surface area (Å²) in [5, 5.41) is 0.601. The van der Waals surface area contributed by atoms with Crippen LogP contribution in [-0.4, -0.2) is 35.6 Å². The lowest BCUT2D eigenvalue weighted by Crippen LogP contribution is -2.11. The summed E-state index contributed by atoms with van der Waals surface area (Å²) in [6.45, 7) is 3.98. The minimum atomic E-state index is 0.0618. The van der Waals surface area contributed by atoms with Gasteiger partial charge in [0.25, 0.3) is 0 Å². The Bertz CT molecular complexity index is 2030. The van der Waals surface area contributed by atoms with Gasteiger partial charge in [-0.3, -0.25) is 19.6 Å². The molecule has 6 aromatic rings. The van der Waals surface area contributed by atoms with Gasteiger partial charge in [0.05, 0.1) is 23.8 Å². The fourth-order valence-corrected chi connectivity index (χ4v) is 5.57. The molecule has 0 aliphatic rings. The maximum Gasteiger partial charge on any atom is 0.167 e. The van der Waals surface area contributed by atoms with Crippen LogP contribution in [0.15, 0.2) is 140 Å². The van der Waals surface area contributed by atoms with E-state index in [1.807, 2.05) is 148 Å². The summed E-state index contributed by atoms with van der Waals surface area (Å²) in [5.41, 5.74) is 9.47. The Kier molecular flexibility index (Phi) is 11.7. The van der Waals surface area contributed by atoms with E-state index in [9.17, 15) is 9.59 Å². The number of aryl methyl sites for hydroxylation is 2. The van der Waals surface area contributed by atoms with Gasteiger partial charge in [-0.05, 0) is 91.7 Å². The predicted molar refractivity (Wildman–Crippen MR) is 201 cm³/mol. The number of ketones is 2. The van der Waals surface area contributed by atoms with E-state index in [2.05, 4.69) is 20.9 Å². The maximum atomic E-state index is 12.6. The van der Waals surface area contributed by atoms with Crippen LogP contribution in [-0.2, 0) is 12.8 Å². The molecule has 0 saturated heterocycles. The molecule has 49 heavy (non-hydrogen) atoms. The molecule has 0 aliphatic carbocycles. The standard InChI is InChI=1S/C21H19ClN2O.C21H20N2O/c1-15-5-3-6-16(11-15)21(25)13-17-12-18(8-9-20(17)22)24(2)19-7-4-10-23-14-19;1-16-6-3-8-18(12-16)21(24)14-17-7-4-9-19(13-17)23(2)20-10-5-11-22-15-20/h3-12,14H,13H2,1-2H3;3-13,15H,14H2,1-2H3. The Morgan fingerprint density at radius 3 is 1.61 bits per heavy atom. The Hall–Kier alpha value is -5.59. The van der Waals surface area contributed by atoms with Crippen LogP contribution >= 0.6 is 11.6 Å². The first-order valence-electron chi connectivity index (χ1n) is 16.0. The number of hydrogen-bond donors (Lipinski definition) is 0. The van der Waals surface area contributed by atoms with Crippen LogP contribution in [0, 0.1) is 13.8 Å². The van der Waals surface area contributed by atoms with Crippen LogP contribution in [0.4, 0.5) is 22.7 Å². The molecule has 7 heteroatoms. The highest BCUT2D eigenvalue weighted by Gasteiger charge is 2.13. The van der Waals surface area contributed by atoms with Gasteiger partial charge in [0.2, 0.25) is 0 Å². The largest absolute Gasteiger partial charge is 0.343 e. The van der Waals surface area contributed by atoms with Crippen molar-refractivity contribution in [2.75, 3.05) is 23.9 Å². The first kappa shape index (κ1) is 34.7. The zero-order chi connectivity index (χ0) is 34.8. The molecular weight excluding hydrogens is 628 g/mol. The number of halogens is 1. The zero-order valence-electron chi connectivity index (χ0n) is 28.2. The van der Waals surface area contributed by atoms with Crippen molar-refractivity contribution in [3.8, 4) is 0 Å². The fraction of sp³-hybridized carbons (Fsp3) is 0.143. The fourth-order valence-electron chi connectivity index (χ4n) is 5.38. The van der Waals surface area contributed by atoms with Crippen LogP contribution in [0.5, 0.6) is 0 Å². The molecule has 2 aromatic heterocycles. The Labute approximate surface area is 293 Å². The van der Waals surface area contributed by atoms with Gasteiger partial charge in [-0.1, -0.05) is 71.3 Å². The lowest BCUT2D eigenvalue weighted by atomic mass is 10.0. The number of anilines is 4. The van der Waals surface area contributed by atoms with Crippen molar-refractivity contribution >= 4 is 45.9 Å². The van der Waals surface area contributed by atoms with Gasteiger partial charge >= 0.3 is 0 Å². The number of carbonyl (C=O) groups is 2. The van der Waals surface area contributed by atoms with Crippen molar-refractivity contribution in [2.24, 2.45) is 0 Å². The van der Waals surface area contributed by atoms with Gasteiger partial charge in [-0.15, -0.1) is 0 Å². The topological polar surface area (TPSA) is 66.4 Å². The van der Waals surface area contributed by atoms with Crippen molar-refractivity contribution < 1.29 is 9.59 Å². The summed E-state index contributed by atoms with van der Waals surface area (Å²) in [4.78, 5) is 37.5. The molecule has 0 spiro atoms. The van der Waals surface area contributed by atoms with Crippen molar-refractivity contribution in [1.82, 2.24) is 9.97 Å². The number of Topliss-reactive ketones (excluding diaryl/α,β-unsaturated/α-hetero) is 2. The second-order valence-electron chi connectivity index (χ2n) is 11.9. The van der Waals surface area contributed by atoms with E-state index in [-0.39, 0.29) is 18.0 Å². The number of pyridine rings is 2. The van der Waals surface area contributed by atoms with E-state index in [1.54, 1.807) is 18.6 Å². The molecule has 0 fully saturated rings. The van der Waals surface area contributed by atoms with E-state index < -0.39 is 0 Å². The molecular formula is C42H39ClN4O2. The number of benzene rings is 4. The SMILES string of the molecule is Cc1cccc(C(=O)Cc2cc(N(C)c3cccnc3)ccc2Cl)c1.Cc1cccc(C(=O)Cc2cccc(N(C)c3cccnc3)c2)c1. The monoisotopic (exact) mass is 666 g/mol. The first-order chi connectivity index (χ1) is 23.7. The second-order valence-corrected chi connectivity index (χ2v) is 12.3. The van der Waals surface area contributed by atoms with Gasteiger partial charge in [0.15, 0.2) is 11.6 Å². The van der Waals surface area contributed by atoms with Gasteiger partial charge in [0.1, 0.15) is 0 Å². The summed E-state index contributed by atoms with van der Waals surface area (Å²) in [6.07, 6.45) is 7.80. The zero-order valence-corrected chi connectivity index (χ0v) is 28.9. The molecule has 0 unspecified atom stereocenters. The smallest absolute Gasteiger partial charge is 0.167 e. The van der Waals surface area contributed by atoms with Gasteiger partial charge < -0.3 is 9.80 Å². The summed E-state index contributed by atoms with van der Waals surface area (Å²) < 4.78 is 0. The van der Waals surface area contributed by atoms with E-state index in [0.717, 1.165) is 50.6 Å². The van der Waals surface area contributed by atoms with Crippen molar-refractivity contribution in [3.05, 3.63) is 178 Å². The van der Waals surface area contributed by atoms with Crippen molar-refractivity contribution in [1.29, 1.82) is 0 Å². The molecule has 2 heterocycles. The minimum Gasteiger partial charge on any atom is -0.343 e. The summed E-state index contributed by atoms with van der Waals surface area (Å²) >= 11 is 6.33. The summed E-state index contributed by atoms with van der Waals surface area (Å²) in [7, 11) is 3.96. The van der Waals surface area contributed by atoms with Crippen molar-refractivity contribution in [3.63, 3.8) is 0 Å². The van der Waals surface area contributed by atoms with E-state index in [4.69, 9.17) is 11.6 Å². The van der Waals surface area contributed by atoms with Crippen LogP contribution in [0.3, 0.4) is 0 Å². The number of hydrogen-bond acceptors (Lipinski definition) is 6.